The Bertz CT molecular complexity index is 668. The number of anilines is 1. The Balaban J connectivity index is 1.85. The van der Waals surface area contributed by atoms with Gasteiger partial charge >= 0.3 is 0 Å². The number of benzene rings is 1. The third kappa shape index (κ3) is 2.81. The number of nitrogens with zero attached hydrogens (tertiary/aromatic N) is 1. The number of aromatic nitrogens is 1. The summed E-state index contributed by atoms with van der Waals surface area (Å²) in [5, 5.41) is 5.52. The van der Waals surface area contributed by atoms with E-state index in [2.05, 4.69) is 26.2 Å². The molecule has 1 saturated carbocycles. The molecule has 0 atom stereocenters. The summed E-state index contributed by atoms with van der Waals surface area (Å²) in [6.07, 6.45) is 6.00. The molecule has 1 N–H and O–H groups in total. The van der Waals surface area contributed by atoms with Crippen LogP contribution in [0.4, 0.5) is 5.82 Å². The molecule has 0 aliphatic heterocycles. The Morgan fingerprint density at radius 2 is 2.00 bits per heavy atom. The number of rotatable bonds is 2. The maximum absolute atomic E-state index is 12.1. The van der Waals surface area contributed by atoms with Crippen LogP contribution in [-0.2, 0) is 4.79 Å². The van der Waals surface area contributed by atoms with E-state index in [4.69, 9.17) is 11.6 Å². The van der Waals surface area contributed by atoms with Gasteiger partial charge in [-0.15, -0.1) is 0 Å². The summed E-state index contributed by atoms with van der Waals surface area (Å²) in [6, 6.07) is 5.67. The Labute approximate surface area is 130 Å². The lowest BCUT2D eigenvalue weighted by atomic mass is 10.1. The molecule has 0 bridgehead atoms. The highest BCUT2D eigenvalue weighted by Gasteiger charge is 2.22. The average Bonchev–Trinajstić information content (AvgIpc) is 2.94. The predicted octanol–water partition coefficient (Wildman–Crippen LogP) is 4.78. The molecule has 104 valence electrons. The van der Waals surface area contributed by atoms with Gasteiger partial charge in [-0.05, 0) is 52.4 Å². The summed E-state index contributed by atoms with van der Waals surface area (Å²) in [5.74, 6) is 0.829. The highest BCUT2D eigenvalue weighted by molar-refractivity contribution is 9.10. The van der Waals surface area contributed by atoms with Crippen molar-refractivity contribution in [3.63, 3.8) is 0 Å². The lowest BCUT2D eigenvalue weighted by molar-refractivity contribution is -0.119. The molecule has 1 fully saturated rings. The second-order valence-corrected chi connectivity index (χ2v) is 6.42. The molecule has 1 heterocycles. The maximum Gasteiger partial charge on any atom is 0.228 e. The Morgan fingerprint density at radius 3 is 2.75 bits per heavy atom. The summed E-state index contributed by atoms with van der Waals surface area (Å²) in [5.41, 5.74) is 0. The van der Waals surface area contributed by atoms with Crippen molar-refractivity contribution in [2.45, 2.75) is 25.7 Å². The average molecular weight is 354 g/mol. The van der Waals surface area contributed by atoms with Crippen molar-refractivity contribution in [1.82, 2.24) is 4.98 Å². The van der Waals surface area contributed by atoms with Crippen LogP contribution in [0.5, 0.6) is 0 Å². The van der Waals surface area contributed by atoms with Crippen molar-refractivity contribution in [2.24, 2.45) is 5.92 Å². The standard InChI is InChI=1S/C15H14BrClN2O/c16-12-5-10-7-14(18-8-11(10)6-13(12)17)19-15(20)9-3-1-2-4-9/h5-9H,1-4H2,(H,18,19,20). The summed E-state index contributed by atoms with van der Waals surface area (Å²) in [4.78, 5) is 16.4. The molecular formula is C15H14BrClN2O. The number of carbonyl (C=O) groups is 1. The molecule has 1 aromatic heterocycles. The highest BCUT2D eigenvalue weighted by atomic mass is 79.9. The number of hydrogen-bond acceptors (Lipinski definition) is 2. The van der Waals surface area contributed by atoms with Gasteiger partial charge in [-0.1, -0.05) is 24.4 Å². The van der Waals surface area contributed by atoms with E-state index in [1.165, 1.54) is 0 Å². The van der Waals surface area contributed by atoms with Gasteiger partial charge in [-0.3, -0.25) is 4.79 Å². The number of hydrogen-bond donors (Lipinski definition) is 1. The molecule has 3 nitrogen and oxygen atoms in total. The van der Waals surface area contributed by atoms with Crippen LogP contribution in [0.1, 0.15) is 25.7 Å². The summed E-state index contributed by atoms with van der Waals surface area (Å²) < 4.78 is 0.839. The van der Waals surface area contributed by atoms with Crippen LogP contribution in [0, 0.1) is 5.92 Å². The second-order valence-electron chi connectivity index (χ2n) is 5.15. The van der Waals surface area contributed by atoms with E-state index in [9.17, 15) is 4.79 Å². The lowest BCUT2D eigenvalue weighted by Crippen LogP contribution is -2.20. The second kappa shape index (κ2) is 5.70. The van der Waals surface area contributed by atoms with E-state index >= 15 is 0 Å². The first kappa shape index (κ1) is 13.8. The fourth-order valence-corrected chi connectivity index (χ4v) is 3.16. The van der Waals surface area contributed by atoms with Crippen molar-refractivity contribution in [1.29, 1.82) is 0 Å². The lowest BCUT2D eigenvalue weighted by Gasteiger charge is -2.10. The van der Waals surface area contributed by atoms with Gasteiger partial charge in [0, 0.05) is 22.0 Å². The fourth-order valence-electron chi connectivity index (χ4n) is 2.62. The molecule has 1 amide bonds. The molecule has 0 radical (unpaired) electrons. The van der Waals surface area contributed by atoms with Crippen molar-refractivity contribution in [3.05, 3.63) is 33.9 Å². The molecule has 3 rings (SSSR count). The number of amides is 1. The Morgan fingerprint density at radius 1 is 1.25 bits per heavy atom. The molecule has 1 aliphatic rings. The van der Waals surface area contributed by atoms with Crippen LogP contribution in [0.3, 0.4) is 0 Å². The molecule has 20 heavy (non-hydrogen) atoms. The van der Waals surface area contributed by atoms with Crippen LogP contribution in [-0.4, -0.2) is 10.9 Å². The largest absolute Gasteiger partial charge is 0.310 e. The van der Waals surface area contributed by atoms with Crippen LogP contribution >= 0.6 is 27.5 Å². The van der Waals surface area contributed by atoms with Crippen LogP contribution < -0.4 is 5.32 Å². The molecule has 1 aromatic carbocycles. The molecule has 2 aromatic rings. The first-order chi connectivity index (χ1) is 9.63. The molecule has 1 aliphatic carbocycles. The minimum absolute atomic E-state index is 0.0855. The number of carbonyl (C=O) groups excluding carboxylic acids is 1. The normalized spacial score (nSPS) is 15.7. The molecule has 0 spiro atoms. The van der Waals surface area contributed by atoms with Crippen LogP contribution in [0.25, 0.3) is 10.8 Å². The zero-order chi connectivity index (χ0) is 14.1. The quantitative estimate of drug-likeness (QED) is 0.844. The van der Waals surface area contributed by atoms with Gasteiger partial charge < -0.3 is 5.32 Å². The van der Waals surface area contributed by atoms with Gasteiger partial charge in [0.25, 0.3) is 0 Å². The highest BCUT2D eigenvalue weighted by Crippen LogP contribution is 2.29. The third-order valence-corrected chi connectivity index (χ3v) is 4.94. The van der Waals surface area contributed by atoms with Crippen molar-refractivity contribution < 1.29 is 4.79 Å². The maximum atomic E-state index is 12.1. The van der Waals surface area contributed by atoms with Gasteiger partial charge in [-0.2, -0.15) is 0 Å². The van der Waals surface area contributed by atoms with Crippen molar-refractivity contribution in [2.75, 3.05) is 5.32 Å². The fraction of sp³-hybridized carbons (Fsp3) is 0.333. The number of nitrogens with one attached hydrogen (secondary N) is 1. The zero-order valence-corrected chi connectivity index (χ0v) is 13.2. The van der Waals surface area contributed by atoms with E-state index in [1.54, 1.807) is 6.20 Å². The summed E-state index contributed by atoms with van der Waals surface area (Å²) in [6.45, 7) is 0. The number of halogens is 2. The number of fused-ring (bicyclic) bond motifs is 1. The van der Waals surface area contributed by atoms with Gasteiger partial charge in [0.15, 0.2) is 0 Å². The smallest absolute Gasteiger partial charge is 0.228 e. The first-order valence-corrected chi connectivity index (χ1v) is 7.86. The molecule has 0 unspecified atom stereocenters. The monoisotopic (exact) mass is 352 g/mol. The Kier molecular flexibility index (Phi) is 3.94. The van der Waals surface area contributed by atoms with E-state index < -0.39 is 0 Å². The summed E-state index contributed by atoms with van der Waals surface area (Å²) in [7, 11) is 0. The van der Waals surface area contributed by atoms with Crippen LogP contribution in [0.2, 0.25) is 5.02 Å². The van der Waals surface area contributed by atoms with E-state index in [1.807, 2.05) is 18.2 Å². The number of pyridine rings is 1. The zero-order valence-electron chi connectivity index (χ0n) is 10.8. The van der Waals surface area contributed by atoms with Crippen molar-refractivity contribution in [3.8, 4) is 0 Å². The van der Waals surface area contributed by atoms with E-state index in [-0.39, 0.29) is 11.8 Å². The SMILES string of the molecule is O=C(Nc1cc2cc(Br)c(Cl)cc2cn1)C1CCCC1. The van der Waals surface area contributed by atoms with E-state index in [0.29, 0.717) is 10.8 Å². The van der Waals surface area contributed by atoms with Gasteiger partial charge in [0.05, 0.1) is 5.02 Å². The Hall–Kier alpha value is -1.13. The third-order valence-electron chi connectivity index (χ3n) is 3.74. The molecule has 5 heteroatoms. The topological polar surface area (TPSA) is 42.0 Å². The van der Waals surface area contributed by atoms with Crippen LogP contribution in [0.15, 0.2) is 28.9 Å². The predicted molar refractivity (Wildman–Crippen MR) is 85.0 cm³/mol. The van der Waals surface area contributed by atoms with Gasteiger partial charge in [0.1, 0.15) is 5.82 Å². The van der Waals surface area contributed by atoms with Crippen molar-refractivity contribution >= 4 is 50.0 Å². The van der Waals surface area contributed by atoms with E-state index in [0.717, 1.165) is 40.9 Å². The van der Waals surface area contributed by atoms with Gasteiger partial charge in [-0.25, -0.2) is 4.98 Å². The first-order valence-electron chi connectivity index (χ1n) is 6.69. The molecular weight excluding hydrogens is 340 g/mol. The minimum Gasteiger partial charge on any atom is -0.310 e. The molecule has 0 saturated heterocycles. The van der Waals surface area contributed by atoms with Gasteiger partial charge in [0.2, 0.25) is 5.91 Å². The summed E-state index contributed by atoms with van der Waals surface area (Å²) >= 11 is 9.46. The minimum atomic E-state index is 0.0855.